The smallest absolute Gasteiger partial charge is 0.229 e. The molecule has 8 nitrogen and oxygen atoms in total. The van der Waals surface area contributed by atoms with Crippen molar-refractivity contribution in [2.24, 2.45) is 0 Å². The number of pyridine rings is 1. The topological polar surface area (TPSA) is 92.4 Å². The van der Waals surface area contributed by atoms with Crippen LogP contribution in [0.25, 0.3) is 0 Å². The van der Waals surface area contributed by atoms with Crippen LogP contribution < -0.4 is 14.9 Å². The van der Waals surface area contributed by atoms with Crippen LogP contribution in [-0.2, 0) is 16.6 Å². The number of anilines is 2. The second-order valence-corrected chi connectivity index (χ2v) is 11.5. The lowest BCUT2D eigenvalue weighted by atomic mass is 9.96. The van der Waals surface area contributed by atoms with Crippen molar-refractivity contribution in [1.29, 1.82) is 0 Å². The number of nitrogens with zero attached hydrogens (tertiary/aromatic N) is 3. The number of hydrogen-bond donors (Lipinski definition) is 2. The van der Waals surface area contributed by atoms with Gasteiger partial charge in [0.25, 0.3) is 0 Å². The predicted molar refractivity (Wildman–Crippen MR) is 149 cm³/mol. The fourth-order valence-electron chi connectivity index (χ4n) is 4.99. The maximum absolute atomic E-state index is 11.8. The number of aryl methyl sites for hydroxylation is 2. The lowest BCUT2D eigenvalue weighted by Crippen LogP contribution is -2.29. The van der Waals surface area contributed by atoms with Crippen molar-refractivity contribution in [3.05, 3.63) is 101 Å². The van der Waals surface area contributed by atoms with Gasteiger partial charge in [-0.3, -0.25) is 9.71 Å². The molecule has 0 aliphatic carbocycles. The third-order valence-electron chi connectivity index (χ3n) is 6.71. The number of hydrogen-bond acceptors (Lipinski definition) is 5. The predicted octanol–water partition coefficient (Wildman–Crippen LogP) is 5.00. The van der Waals surface area contributed by atoms with Gasteiger partial charge in [0.15, 0.2) is 5.11 Å². The number of nitrogens with one attached hydrogen (secondary N) is 2. The van der Waals surface area contributed by atoms with Crippen LogP contribution in [0.2, 0.25) is 0 Å². The van der Waals surface area contributed by atoms with Crippen LogP contribution >= 0.6 is 12.2 Å². The molecule has 0 bridgehead atoms. The second-order valence-electron chi connectivity index (χ2n) is 9.36. The monoisotopic (exact) mass is 535 g/mol. The van der Waals surface area contributed by atoms with Crippen molar-refractivity contribution in [2.45, 2.75) is 39.4 Å². The minimum Gasteiger partial charge on any atom is -0.467 e. The Morgan fingerprint density at radius 3 is 2.57 bits per heavy atom. The quantitative estimate of drug-likeness (QED) is 0.322. The standard InChI is InChI=1S/C27H29N5O3S2/c1-17-14-20(10-11-23(17)30-37(4,33)34)32-26(25(29-27(32)36)24-9-5-6-12-28-24)22-15-18(2)31(19(22)3)16-21-8-7-13-35-21/h5-15,25-26,30H,16H2,1-4H3,(H,29,36)/t25-,26+/m0/s1. The van der Waals surface area contributed by atoms with Gasteiger partial charge in [-0.2, -0.15) is 0 Å². The average molecular weight is 536 g/mol. The van der Waals surface area contributed by atoms with Crippen LogP contribution in [0.5, 0.6) is 0 Å². The fourth-order valence-corrected chi connectivity index (χ4v) is 5.96. The first-order valence-corrected chi connectivity index (χ1v) is 14.2. The third-order valence-corrected chi connectivity index (χ3v) is 7.61. The van der Waals surface area contributed by atoms with Gasteiger partial charge in [-0.05, 0) is 92.6 Å². The van der Waals surface area contributed by atoms with E-state index in [1.54, 1.807) is 18.5 Å². The van der Waals surface area contributed by atoms with Crippen LogP contribution in [0.15, 0.2) is 71.5 Å². The van der Waals surface area contributed by atoms with E-state index in [0.717, 1.165) is 45.9 Å². The van der Waals surface area contributed by atoms with E-state index in [-0.39, 0.29) is 12.1 Å². The summed E-state index contributed by atoms with van der Waals surface area (Å²) in [5, 5.41) is 4.08. The second kappa shape index (κ2) is 9.68. The summed E-state index contributed by atoms with van der Waals surface area (Å²) in [4.78, 5) is 6.75. The van der Waals surface area contributed by atoms with Gasteiger partial charge in [0.05, 0.1) is 42.5 Å². The molecule has 2 atom stereocenters. The van der Waals surface area contributed by atoms with Crippen molar-refractivity contribution < 1.29 is 12.8 Å². The Labute approximate surface area is 222 Å². The van der Waals surface area contributed by atoms with Crippen LogP contribution in [-0.4, -0.2) is 29.3 Å². The van der Waals surface area contributed by atoms with Gasteiger partial charge in [-0.15, -0.1) is 0 Å². The molecule has 0 spiro atoms. The van der Waals surface area contributed by atoms with Gasteiger partial charge in [-0.25, -0.2) is 8.42 Å². The Morgan fingerprint density at radius 1 is 1.11 bits per heavy atom. The number of thiocarbonyl (C=S) groups is 1. The summed E-state index contributed by atoms with van der Waals surface area (Å²) in [6, 6.07) is 17.2. The van der Waals surface area contributed by atoms with Gasteiger partial charge in [0.1, 0.15) is 5.76 Å². The molecule has 10 heteroatoms. The average Bonchev–Trinajstić information content (AvgIpc) is 3.55. The molecule has 4 heterocycles. The van der Waals surface area contributed by atoms with Crippen LogP contribution in [0, 0.1) is 20.8 Å². The number of sulfonamides is 1. The van der Waals surface area contributed by atoms with Gasteiger partial charge < -0.3 is 19.2 Å². The molecule has 0 amide bonds. The highest BCUT2D eigenvalue weighted by Gasteiger charge is 2.42. The Kier molecular flexibility index (Phi) is 6.55. The summed E-state index contributed by atoms with van der Waals surface area (Å²) < 4.78 is 34.0. The maximum atomic E-state index is 11.8. The maximum Gasteiger partial charge on any atom is 0.229 e. The van der Waals surface area contributed by atoms with Gasteiger partial charge in [-0.1, -0.05) is 6.07 Å². The fraction of sp³-hybridized carbons (Fsp3) is 0.259. The molecule has 37 heavy (non-hydrogen) atoms. The molecule has 4 aromatic rings. The van der Waals surface area contributed by atoms with Crippen molar-refractivity contribution in [1.82, 2.24) is 14.9 Å². The molecule has 3 aromatic heterocycles. The molecule has 0 saturated carbocycles. The van der Waals surface area contributed by atoms with E-state index >= 15 is 0 Å². The molecule has 5 rings (SSSR count). The minimum absolute atomic E-state index is 0.174. The van der Waals surface area contributed by atoms with E-state index < -0.39 is 10.0 Å². The normalized spacial score (nSPS) is 17.7. The van der Waals surface area contributed by atoms with E-state index in [1.807, 2.05) is 49.4 Å². The lowest BCUT2D eigenvalue weighted by Gasteiger charge is -2.29. The summed E-state index contributed by atoms with van der Waals surface area (Å²) in [7, 11) is -3.39. The first kappa shape index (κ1) is 25.0. The Hall–Kier alpha value is -3.63. The van der Waals surface area contributed by atoms with E-state index in [1.165, 1.54) is 0 Å². The first-order valence-electron chi connectivity index (χ1n) is 11.9. The van der Waals surface area contributed by atoms with E-state index in [4.69, 9.17) is 16.6 Å². The van der Waals surface area contributed by atoms with Gasteiger partial charge in [0.2, 0.25) is 10.0 Å². The zero-order valence-corrected chi connectivity index (χ0v) is 22.7. The summed E-state index contributed by atoms with van der Waals surface area (Å²) in [6.07, 6.45) is 4.62. The summed E-state index contributed by atoms with van der Waals surface area (Å²) in [5.41, 5.74) is 6.46. The highest BCUT2D eigenvalue weighted by atomic mass is 32.2. The molecule has 2 N–H and O–H groups in total. The largest absolute Gasteiger partial charge is 0.467 e. The minimum atomic E-state index is -3.39. The van der Waals surface area contributed by atoms with Crippen LogP contribution in [0.1, 0.15) is 46.1 Å². The van der Waals surface area contributed by atoms with E-state index in [9.17, 15) is 8.42 Å². The number of aromatic nitrogens is 2. The van der Waals surface area contributed by atoms with E-state index in [2.05, 4.69) is 44.4 Å². The van der Waals surface area contributed by atoms with Crippen LogP contribution in [0.4, 0.5) is 11.4 Å². The number of rotatable bonds is 7. The molecule has 1 saturated heterocycles. The van der Waals surface area contributed by atoms with Crippen molar-refractivity contribution in [2.75, 3.05) is 15.9 Å². The summed E-state index contributed by atoms with van der Waals surface area (Å²) >= 11 is 5.87. The van der Waals surface area contributed by atoms with Crippen molar-refractivity contribution in [3.8, 4) is 0 Å². The third kappa shape index (κ3) is 4.99. The molecule has 192 valence electrons. The van der Waals surface area contributed by atoms with Gasteiger partial charge in [0, 0.05) is 23.3 Å². The summed E-state index contributed by atoms with van der Waals surface area (Å²) in [5.74, 6) is 0.885. The van der Waals surface area contributed by atoms with Crippen molar-refractivity contribution >= 4 is 38.7 Å². The molecular formula is C27H29N5O3S2. The molecule has 1 aliphatic heterocycles. The van der Waals surface area contributed by atoms with Gasteiger partial charge >= 0.3 is 0 Å². The number of benzene rings is 1. The molecule has 1 aromatic carbocycles. The Balaban J connectivity index is 1.61. The Morgan fingerprint density at radius 2 is 1.92 bits per heavy atom. The lowest BCUT2D eigenvalue weighted by molar-refractivity contribution is 0.488. The first-order chi connectivity index (χ1) is 17.6. The zero-order valence-electron chi connectivity index (χ0n) is 21.1. The Bertz CT molecular complexity index is 1550. The van der Waals surface area contributed by atoms with Crippen LogP contribution in [0.3, 0.4) is 0 Å². The molecule has 0 radical (unpaired) electrons. The van der Waals surface area contributed by atoms with E-state index in [0.29, 0.717) is 17.3 Å². The molecular weight excluding hydrogens is 506 g/mol. The zero-order chi connectivity index (χ0) is 26.3. The highest BCUT2D eigenvalue weighted by molar-refractivity contribution is 7.92. The SMILES string of the molecule is Cc1cc(N2C(=S)N[C@@H](c3ccccn3)[C@H]2c2cc(C)n(Cc3ccco3)c2C)ccc1NS(C)(=O)=O. The highest BCUT2D eigenvalue weighted by Crippen LogP contribution is 2.44. The van der Waals surface area contributed by atoms with Crippen molar-refractivity contribution in [3.63, 3.8) is 0 Å². The summed E-state index contributed by atoms with van der Waals surface area (Å²) in [6.45, 7) is 6.72. The molecule has 1 fully saturated rings. The number of furan rings is 1. The molecule has 0 unspecified atom stereocenters. The molecule has 1 aliphatic rings.